The van der Waals surface area contributed by atoms with E-state index >= 15 is 0 Å². The Morgan fingerprint density at radius 3 is 2.00 bits per heavy atom. The van der Waals surface area contributed by atoms with Crippen LogP contribution in [0.15, 0.2) is 36.4 Å². The van der Waals surface area contributed by atoms with Gasteiger partial charge in [0.2, 0.25) is 0 Å². The van der Waals surface area contributed by atoms with Gasteiger partial charge in [0.05, 0.1) is 0 Å². The molecular weight excluding hydrogens is 336 g/mol. The third-order valence-corrected chi connectivity index (χ3v) is 3.77. The molecule has 0 N–H and O–H groups in total. The minimum absolute atomic E-state index is 0.187. The summed E-state index contributed by atoms with van der Waals surface area (Å²) >= 11 is 0. The molecule has 2 rings (SSSR count). The summed E-state index contributed by atoms with van der Waals surface area (Å²) in [6.07, 6.45) is 0. The van der Waals surface area contributed by atoms with Gasteiger partial charge in [-0.05, 0) is 11.5 Å². The Hall–Kier alpha value is -2.46. The van der Waals surface area contributed by atoms with Crippen LogP contribution in [0, 0.1) is 0 Å². The molecule has 0 radical (unpaired) electrons. The molecule has 2 aromatic rings. The molecule has 0 saturated heterocycles. The Labute approximate surface area is 125 Å². The second-order valence-electron chi connectivity index (χ2n) is 3.96. The lowest BCUT2D eigenvalue weighted by atomic mass is 10.1. The fraction of sp³-hybridized carbons (Fsp3) is 0. The summed E-state index contributed by atoms with van der Waals surface area (Å²) in [5, 5.41) is 0.695. The molecule has 0 spiro atoms. The van der Waals surface area contributed by atoms with E-state index in [1.54, 1.807) is 18.2 Å². The fourth-order valence-corrected chi connectivity index (χ4v) is 2.52. The quantitative estimate of drug-likeness (QED) is 0.553. The number of hydrogen-bond donors (Lipinski definition) is 0. The molecule has 22 heavy (non-hydrogen) atoms. The summed E-state index contributed by atoms with van der Waals surface area (Å²) in [5.74, 6) is -1.04. The van der Waals surface area contributed by atoms with E-state index in [0.29, 0.717) is 5.39 Å². The normalized spacial score (nSPS) is 11.8. The average molecular weight is 344 g/mol. The summed E-state index contributed by atoms with van der Waals surface area (Å²) in [4.78, 5) is 20.9. The number of benzene rings is 2. The molecule has 0 bridgehead atoms. The van der Waals surface area contributed by atoms with Crippen molar-refractivity contribution in [3.8, 4) is 11.5 Å². The maximum Gasteiger partial charge on any atom is 0.370 e. The van der Waals surface area contributed by atoms with Gasteiger partial charge in [-0.3, -0.25) is 9.59 Å². The maximum atomic E-state index is 11.3. The smallest absolute Gasteiger partial charge is 0.370 e. The zero-order valence-electron chi connectivity index (χ0n) is 10.7. The van der Waals surface area contributed by atoms with E-state index in [9.17, 15) is 26.4 Å². The Balaban J connectivity index is 2.70. The van der Waals surface area contributed by atoms with Crippen molar-refractivity contribution in [3.05, 3.63) is 36.4 Å². The zero-order chi connectivity index (χ0) is 16.4. The van der Waals surface area contributed by atoms with Gasteiger partial charge in [0.1, 0.15) is 0 Å². The van der Waals surface area contributed by atoms with Crippen molar-refractivity contribution in [2.24, 2.45) is 0 Å². The van der Waals surface area contributed by atoms with Crippen LogP contribution in [0.3, 0.4) is 0 Å². The van der Waals surface area contributed by atoms with Gasteiger partial charge in [0.15, 0.2) is 11.5 Å². The van der Waals surface area contributed by atoms with Gasteiger partial charge in [0, 0.05) is 5.39 Å². The van der Waals surface area contributed by atoms with E-state index in [2.05, 4.69) is 8.37 Å². The fourth-order valence-electron chi connectivity index (χ4n) is 1.66. The van der Waals surface area contributed by atoms with Crippen LogP contribution in [0.2, 0.25) is 0 Å². The summed E-state index contributed by atoms with van der Waals surface area (Å²) in [5.41, 5.74) is -0.882. The van der Waals surface area contributed by atoms with Crippen LogP contribution in [0.5, 0.6) is 11.5 Å². The summed E-state index contributed by atoms with van der Waals surface area (Å²) in [6.45, 7) is 0. The molecule has 0 saturated carbocycles. The van der Waals surface area contributed by atoms with Crippen LogP contribution < -0.4 is 8.37 Å². The second kappa shape index (κ2) is 5.73. The molecule has 0 unspecified atom stereocenters. The number of carbonyl (C=O) groups is 2. The predicted octanol–water partition coefficient (Wildman–Crippen LogP) is 0.637. The van der Waals surface area contributed by atoms with Gasteiger partial charge in [-0.25, -0.2) is 0 Å². The molecular formula is C12H8O8S2. The van der Waals surface area contributed by atoms with Gasteiger partial charge >= 0.3 is 20.2 Å². The Bertz CT molecular complexity index is 944. The maximum absolute atomic E-state index is 11.3. The summed E-state index contributed by atoms with van der Waals surface area (Å²) in [6, 6.07) is 8.78. The molecule has 8 nitrogen and oxygen atoms in total. The lowest BCUT2D eigenvalue weighted by Gasteiger charge is -2.11. The SMILES string of the molecule is O=CS(=O)(=O)Oc1ccc2ccccc2c1OS(=O)(=O)C=O. The van der Waals surface area contributed by atoms with Crippen LogP contribution >= 0.6 is 0 Å². The molecule has 0 atom stereocenters. The molecule has 116 valence electrons. The standard InChI is InChI=1S/C12H8O8S2/c13-7-21(15,16)19-11-6-5-9-3-1-2-4-10(9)12(11)20-22(17,18)8-14/h1-8H. The Morgan fingerprint density at radius 2 is 1.36 bits per heavy atom. The van der Waals surface area contributed by atoms with Gasteiger partial charge in [0.25, 0.3) is 11.2 Å². The van der Waals surface area contributed by atoms with Gasteiger partial charge in [-0.15, -0.1) is 0 Å². The average Bonchev–Trinajstić information content (AvgIpc) is 2.49. The minimum atomic E-state index is -4.59. The van der Waals surface area contributed by atoms with Crippen molar-refractivity contribution < 1.29 is 34.8 Å². The first-order chi connectivity index (χ1) is 10.3. The van der Waals surface area contributed by atoms with Gasteiger partial charge in [-0.1, -0.05) is 30.3 Å². The van der Waals surface area contributed by atoms with Crippen molar-refractivity contribution >= 4 is 42.2 Å². The number of carbonyl (C=O) groups excluding carboxylic acids is 2. The number of rotatable bonds is 6. The predicted molar refractivity (Wildman–Crippen MR) is 76.5 cm³/mol. The molecule has 0 heterocycles. The van der Waals surface area contributed by atoms with Crippen molar-refractivity contribution in [1.29, 1.82) is 0 Å². The topological polar surface area (TPSA) is 121 Å². The molecule has 2 aromatic carbocycles. The highest BCUT2D eigenvalue weighted by molar-refractivity contribution is 8.00. The van der Waals surface area contributed by atoms with Crippen molar-refractivity contribution in [1.82, 2.24) is 0 Å². The lowest BCUT2D eigenvalue weighted by Crippen LogP contribution is -2.14. The first-order valence-corrected chi connectivity index (χ1v) is 8.53. The van der Waals surface area contributed by atoms with Crippen LogP contribution in [0.4, 0.5) is 0 Å². The molecule has 0 aliphatic rings. The Morgan fingerprint density at radius 1 is 0.773 bits per heavy atom. The van der Waals surface area contributed by atoms with Gasteiger partial charge in [-0.2, -0.15) is 16.8 Å². The largest absolute Gasteiger partial charge is 0.373 e. The van der Waals surface area contributed by atoms with E-state index in [1.807, 2.05) is 0 Å². The van der Waals surface area contributed by atoms with Gasteiger partial charge < -0.3 is 8.37 Å². The monoisotopic (exact) mass is 344 g/mol. The highest BCUT2D eigenvalue weighted by Gasteiger charge is 2.22. The highest BCUT2D eigenvalue weighted by Crippen LogP contribution is 2.37. The van der Waals surface area contributed by atoms with Crippen molar-refractivity contribution in [2.75, 3.05) is 0 Å². The van der Waals surface area contributed by atoms with E-state index in [1.165, 1.54) is 12.1 Å². The number of hydrogen-bond acceptors (Lipinski definition) is 8. The molecule has 10 heteroatoms. The molecule has 0 aliphatic carbocycles. The first kappa shape index (κ1) is 15.9. The molecule has 0 aromatic heterocycles. The summed E-state index contributed by atoms with van der Waals surface area (Å²) < 4.78 is 54.2. The third-order valence-electron chi connectivity index (χ3n) is 2.48. The minimum Gasteiger partial charge on any atom is -0.373 e. The Kier molecular flexibility index (Phi) is 4.15. The molecule has 0 aliphatic heterocycles. The van der Waals surface area contributed by atoms with E-state index in [-0.39, 0.29) is 5.39 Å². The lowest BCUT2D eigenvalue weighted by molar-refractivity contribution is 0.458. The van der Waals surface area contributed by atoms with Crippen LogP contribution in [0.1, 0.15) is 0 Å². The van der Waals surface area contributed by atoms with Crippen molar-refractivity contribution in [2.45, 2.75) is 0 Å². The van der Waals surface area contributed by atoms with E-state index in [0.717, 1.165) is 6.07 Å². The zero-order valence-corrected chi connectivity index (χ0v) is 12.3. The van der Waals surface area contributed by atoms with E-state index in [4.69, 9.17) is 0 Å². The van der Waals surface area contributed by atoms with Crippen LogP contribution in [-0.2, 0) is 29.8 Å². The molecule has 0 amide bonds. The highest BCUT2D eigenvalue weighted by atomic mass is 32.2. The summed E-state index contributed by atoms with van der Waals surface area (Å²) in [7, 11) is -9.16. The first-order valence-electron chi connectivity index (χ1n) is 5.59. The van der Waals surface area contributed by atoms with Crippen molar-refractivity contribution in [3.63, 3.8) is 0 Å². The van der Waals surface area contributed by atoms with Crippen LogP contribution in [-0.4, -0.2) is 28.1 Å². The molecule has 0 fully saturated rings. The van der Waals surface area contributed by atoms with E-state index < -0.39 is 43.0 Å². The van der Waals surface area contributed by atoms with Crippen LogP contribution in [0.25, 0.3) is 10.8 Å². The third kappa shape index (κ3) is 3.40. The number of fused-ring (bicyclic) bond motifs is 1. The second-order valence-corrected chi connectivity index (χ2v) is 6.65.